The fourth-order valence-corrected chi connectivity index (χ4v) is 4.92. The predicted molar refractivity (Wildman–Crippen MR) is 114 cm³/mol. The zero-order valence-corrected chi connectivity index (χ0v) is 17.9. The summed E-state index contributed by atoms with van der Waals surface area (Å²) < 4.78 is 29.0. The lowest BCUT2D eigenvalue weighted by Gasteiger charge is -2.30. The molecule has 1 amide bonds. The summed E-state index contributed by atoms with van der Waals surface area (Å²) in [5, 5.41) is 0.561. The Morgan fingerprint density at radius 3 is 2.04 bits per heavy atom. The first-order valence-electron chi connectivity index (χ1n) is 9.52. The second-order valence-electron chi connectivity index (χ2n) is 6.49. The zero-order chi connectivity index (χ0) is 20.6. The SMILES string of the molecule is CCCN(CCC)S(=O)(=O)N(CCc1ccccc1Cl)C(=O)c1ccccc1. The van der Waals surface area contributed by atoms with E-state index in [4.69, 9.17) is 11.6 Å². The van der Waals surface area contributed by atoms with Crippen molar-refractivity contribution in [2.45, 2.75) is 33.1 Å². The van der Waals surface area contributed by atoms with Crippen LogP contribution in [0.25, 0.3) is 0 Å². The van der Waals surface area contributed by atoms with Gasteiger partial charge in [-0.3, -0.25) is 4.79 Å². The third-order valence-electron chi connectivity index (χ3n) is 4.34. The molecule has 0 bridgehead atoms. The number of hydrogen-bond acceptors (Lipinski definition) is 3. The Morgan fingerprint density at radius 1 is 0.893 bits per heavy atom. The molecule has 0 heterocycles. The highest BCUT2D eigenvalue weighted by atomic mass is 35.5. The van der Waals surface area contributed by atoms with Crippen LogP contribution in [0.4, 0.5) is 0 Å². The van der Waals surface area contributed by atoms with Crippen molar-refractivity contribution >= 4 is 27.7 Å². The van der Waals surface area contributed by atoms with Gasteiger partial charge in [-0.25, -0.2) is 4.31 Å². The molecule has 0 saturated heterocycles. The average molecular weight is 423 g/mol. The Labute approximate surface area is 173 Å². The van der Waals surface area contributed by atoms with Crippen molar-refractivity contribution in [1.82, 2.24) is 8.61 Å². The van der Waals surface area contributed by atoms with Gasteiger partial charge in [0.25, 0.3) is 5.91 Å². The molecule has 5 nitrogen and oxygen atoms in total. The van der Waals surface area contributed by atoms with Gasteiger partial charge in [-0.05, 0) is 43.0 Å². The van der Waals surface area contributed by atoms with Crippen LogP contribution in [0.15, 0.2) is 54.6 Å². The van der Waals surface area contributed by atoms with Crippen molar-refractivity contribution in [1.29, 1.82) is 0 Å². The summed E-state index contributed by atoms with van der Waals surface area (Å²) >= 11 is 6.22. The lowest BCUT2D eigenvalue weighted by molar-refractivity contribution is 0.0854. The molecule has 0 fully saturated rings. The van der Waals surface area contributed by atoms with Crippen molar-refractivity contribution in [2.24, 2.45) is 0 Å². The van der Waals surface area contributed by atoms with Gasteiger partial charge >= 0.3 is 10.2 Å². The second-order valence-corrected chi connectivity index (χ2v) is 8.75. The molecular weight excluding hydrogens is 396 g/mol. The van der Waals surface area contributed by atoms with E-state index >= 15 is 0 Å². The van der Waals surface area contributed by atoms with Crippen LogP contribution < -0.4 is 0 Å². The molecule has 0 aliphatic rings. The first-order valence-corrected chi connectivity index (χ1v) is 11.3. The molecule has 0 aliphatic carbocycles. The van der Waals surface area contributed by atoms with E-state index in [0.29, 0.717) is 42.9 Å². The van der Waals surface area contributed by atoms with Crippen LogP contribution >= 0.6 is 11.6 Å². The minimum absolute atomic E-state index is 0.0315. The molecule has 0 radical (unpaired) electrons. The topological polar surface area (TPSA) is 57.7 Å². The maximum atomic E-state index is 13.3. The number of benzene rings is 2. The van der Waals surface area contributed by atoms with Gasteiger partial charge in [0, 0.05) is 30.2 Å². The molecule has 28 heavy (non-hydrogen) atoms. The highest BCUT2D eigenvalue weighted by Gasteiger charge is 2.33. The summed E-state index contributed by atoms with van der Waals surface area (Å²) in [5.41, 5.74) is 1.15. The van der Waals surface area contributed by atoms with E-state index in [1.807, 2.05) is 32.0 Å². The van der Waals surface area contributed by atoms with Crippen LogP contribution in [0.1, 0.15) is 42.6 Å². The minimum atomic E-state index is -3.94. The molecule has 0 aromatic heterocycles. The molecule has 0 aliphatic heterocycles. The quantitative estimate of drug-likeness (QED) is 0.570. The van der Waals surface area contributed by atoms with Crippen molar-refractivity contribution in [2.75, 3.05) is 19.6 Å². The maximum Gasteiger partial charge on any atom is 0.306 e. The van der Waals surface area contributed by atoms with Gasteiger partial charge in [0.15, 0.2) is 0 Å². The lowest BCUT2D eigenvalue weighted by atomic mass is 10.1. The number of carbonyl (C=O) groups is 1. The molecule has 0 saturated carbocycles. The first-order chi connectivity index (χ1) is 13.4. The molecule has 7 heteroatoms. The number of carbonyl (C=O) groups excluding carboxylic acids is 1. The van der Waals surface area contributed by atoms with E-state index < -0.39 is 16.1 Å². The van der Waals surface area contributed by atoms with Gasteiger partial charge < -0.3 is 0 Å². The summed E-state index contributed by atoms with van der Waals surface area (Å²) in [4.78, 5) is 13.1. The van der Waals surface area contributed by atoms with Gasteiger partial charge in [-0.2, -0.15) is 12.7 Å². The Hall–Kier alpha value is -1.89. The standard InChI is InChI=1S/C21H27ClN2O3S/c1-3-15-23(16-4-2)28(26,27)24(21(25)19-11-6-5-7-12-19)17-14-18-10-8-9-13-20(18)22/h5-13H,3-4,14-17H2,1-2H3. The highest BCUT2D eigenvalue weighted by molar-refractivity contribution is 7.87. The molecule has 152 valence electrons. The predicted octanol–water partition coefficient (Wildman–Crippen LogP) is 4.39. The number of rotatable bonds is 10. The van der Waals surface area contributed by atoms with E-state index in [2.05, 4.69) is 0 Å². The summed E-state index contributed by atoms with van der Waals surface area (Å²) in [7, 11) is -3.94. The second kappa shape index (κ2) is 10.6. The van der Waals surface area contributed by atoms with Crippen LogP contribution in [-0.4, -0.2) is 42.6 Å². The summed E-state index contributed by atoms with van der Waals surface area (Å²) in [6, 6.07) is 15.8. The van der Waals surface area contributed by atoms with Crippen LogP contribution in [0.5, 0.6) is 0 Å². The normalized spacial score (nSPS) is 11.6. The van der Waals surface area contributed by atoms with Gasteiger partial charge in [-0.1, -0.05) is 61.8 Å². The van der Waals surface area contributed by atoms with Crippen LogP contribution in [0.3, 0.4) is 0 Å². The molecule has 0 N–H and O–H groups in total. The molecular formula is C21H27ClN2O3S. The third kappa shape index (κ3) is 5.56. The fraction of sp³-hybridized carbons (Fsp3) is 0.381. The zero-order valence-electron chi connectivity index (χ0n) is 16.3. The first kappa shape index (κ1) is 22.4. The van der Waals surface area contributed by atoms with E-state index in [9.17, 15) is 13.2 Å². The fourth-order valence-electron chi connectivity index (χ4n) is 2.95. The van der Waals surface area contributed by atoms with Crippen molar-refractivity contribution in [3.8, 4) is 0 Å². The van der Waals surface area contributed by atoms with Crippen molar-refractivity contribution < 1.29 is 13.2 Å². The average Bonchev–Trinajstić information content (AvgIpc) is 2.69. The van der Waals surface area contributed by atoms with Gasteiger partial charge in [-0.15, -0.1) is 0 Å². The smallest absolute Gasteiger partial charge is 0.268 e. The van der Waals surface area contributed by atoms with E-state index in [1.165, 1.54) is 4.31 Å². The molecule has 0 atom stereocenters. The van der Waals surface area contributed by atoms with Crippen LogP contribution in [0.2, 0.25) is 5.02 Å². The molecule has 0 spiro atoms. The van der Waals surface area contributed by atoms with Gasteiger partial charge in [0.2, 0.25) is 0 Å². The maximum absolute atomic E-state index is 13.3. The molecule has 2 rings (SSSR count). The number of halogens is 1. The molecule has 2 aromatic rings. The van der Waals surface area contributed by atoms with Crippen molar-refractivity contribution in [3.05, 3.63) is 70.7 Å². The summed E-state index contributed by atoms with van der Waals surface area (Å²) in [6.07, 6.45) is 1.71. The number of nitrogens with zero attached hydrogens (tertiary/aromatic N) is 2. The summed E-state index contributed by atoms with van der Waals surface area (Å²) in [6.45, 7) is 4.63. The lowest BCUT2D eigenvalue weighted by Crippen LogP contribution is -2.48. The molecule has 0 unspecified atom stereocenters. The monoisotopic (exact) mass is 422 g/mol. The van der Waals surface area contributed by atoms with E-state index in [0.717, 1.165) is 9.87 Å². The Balaban J connectivity index is 2.37. The summed E-state index contributed by atoms with van der Waals surface area (Å²) in [5.74, 6) is -0.523. The Kier molecular flexibility index (Phi) is 8.48. The van der Waals surface area contributed by atoms with Crippen LogP contribution in [-0.2, 0) is 16.6 Å². The van der Waals surface area contributed by atoms with Gasteiger partial charge in [0.05, 0.1) is 0 Å². The van der Waals surface area contributed by atoms with E-state index in [-0.39, 0.29) is 6.54 Å². The van der Waals surface area contributed by atoms with E-state index in [1.54, 1.807) is 36.4 Å². The Bertz CT molecular complexity index is 866. The number of hydrogen-bond donors (Lipinski definition) is 0. The third-order valence-corrected chi connectivity index (χ3v) is 6.63. The highest BCUT2D eigenvalue weighted by Crippen LogP contribution is 2.19. The largest absolute Gasteiger partial charge is 0.306 e. The number of amides is 1. The van der Waals surface area contributed by atoms with Crippen LogP contribution in [0, 0.1) is 0 Å². The van der Waals surface area contributed by atoms with Gasteiger partial charge in [0.1, 0.15) is 0 Å². The Morgan fingerprint density at radius 2 is 1.46 bits per heavy atom. The molecule has 2 aromatic carbocycles. The minimum Gasteiger partial charge on any atom is -0.268 e. The van der Waals surface area contributed by atoms with Crippen molar-refractivity contribution in [3.63, 3.8) is 0 Å².